The Hall–Kier alpha value is -2.48. The molecule has 0 bridgehead atoms. The third-order valence-corrected chi connectivity index (χ3v) is 8.36. The van der Waals surface area contributed by atoms with E-state index in [0.717, 1.165) is 22.0 Å². The molecule has 0 aliphatic carbocycles. The van der Waals surface area contributed by atoms with Crippen LogP contribution in [0.3, 0.4) is 0 Å². The van der Waals surface area contributed by atoms with Gasteiger partial charge in [-0.05, 0) is 81.0 Å². The summed E-state index contributed by atoms with van der Waals surface area (Å²) in [6.07, 6.45) is 0.773. The number of nitrogens with zero attached hydrogens (tertiary/aromatic N) is 1. The Balaban J connectivity index is 1.68. The topological polar surface area (TPSA) is 66.5 Å². The SMILES string of the molecule is Cc1ccc(SCCCNC(=O)CN(c2ccc(Cl)cc2C)S(=O)(=O)c2ccc(C)cc2)cc1. The van der Waals surface area contributed by atoms with Crippen molar-refractivity contribution in [2.45, 2.75) is 37.0 Å². The number of carbonyl (C=O) groups is 1. The molecule has 0 saturated heterocycles. The van der Waals surface area contributed by atoms with Crippen LogP contribution in [0.15, 0.2) is 76.5 Å². The number of hydrogen-bond donors (Lipinski definition) is 1. The maximum absolute atomic E-state index is 13.5. The Bertz CT molecular complexity index is 1230. The number of nitrogens with one attached hydrogen (secondary N) is 1. The molecule has 1 amide bonds. The number of rotatable bonds is 10. The van der Waals surface area contributed by atoms with Crippen LogP contribution in [0.5, 0.6) is 0 Å². The molecule has 0 radical (unpaired) electrons. The van der Waals surface area contributed by atoms with Gasteiger partial charge >= 0.3 is 0 Å². The minimum absolute atomic E-state index is 0.134. The van der Waals surface area contributed by atoms with E-state index in [-0.39, 0.29) is 17.3 Å². The largest absolute Gasteiger partial charge is 0.354 e. The number of hydrogen-bond acceptors (Lipinski definition) is 4. The first-order chi connectivity index (χ1) is 16.2. The first-order valence-corrected chi connectivity index (χ1v) is 13.8. The van der Waals surface area contributed by atoms with Crippen molar-refractivity contribution in [2.24, 2.45) is 0 Å². The molecule has 0 aromatic heterocycles. The third-order valence-electron chi connectivity index (χ3n) is 5.26. The van der Waals surface area contributed by atoms with Crippen LogP contribution in [-0.2, 0) is 14.8 Å². The van der Waals surface area contributed by atoms with Crippen LogP contribution in [0.4, 0.5) is 5.69 Å². The van der Waals surface area contributed by atoms with Crippen LogP contribution in [-0.4, -0.2) is 33.2 Å². The lowest BCUT2D eigenvalue weighted by Gasteiger charge is -2.26. The van der Waals surface area contributed by atoms with E-state index in [0.29, 0.717) is 22.8 Å². The van der Waals surface area contributed by atoms with Gasteiger partial charge in [0.1, 0.15) is 6.54 Å². The van der Waals surface area contributed by atoms with E-state index in [1.807, 2.05) is 6.92 Å². The highest BCUT2D eigenvalue weighted by molar-refractivity contribution is 7.99. The van der Waals surface area contributed by atoms with Crippen molar-refractivity contribution in [1.29, 1.82) is 0 Å². The van der Waals surface area contributed by atoms with Crippen LogP contribution < -0.4 is 9.62 Å². The Morgan fingerprint density at radius 2 is 1.56 bits per heavy atom. The first-order valence-electron chi connectivity index (χ1n) is 11.0. The van der Waals surface area contributed by atoms with E-state index in [4.69, 9.17) is 11.6 Å². The van der Waals surface area contributed by atoms with Crippen molar-refractivity contribution in [3.63, 3.8) is 0 Å². The molecule has 0 aliphatic rings. The molecule has 0 spiro atoms. The van der Waals surface area contributed by atoms with Crippen molar-refractivity contribution >= 4 is 45.0 Å². The second-order valence-corrected chi connectivity index (χ2v) is 11.6. The van der Waals surface area contributed by atoms with Gasteiger partial charge in [-0.15, -0.1) is 11.8 Å². The van der Waals surface area contributed by atoms with E-state index < -0.39 is 10.0 Å². The van der Waals surface area contributed by atoms with Gasteiger partial charge in [-0.25, -0.2) is 8.42 Å². The van der Waals surface area contributed by atoms with Gasteiger partial charge < -0.3 is 5.32 Å². The summed E-state index contributed by atoms with van der Waals surface area (Å²) in [5, 5.41) is 3.36. The number of anilines is 1. The number of amides is 1. The molecule has 0 atom stereocenters. The normalized spacial score (nSPS) is 11.3. The lowest BCUT2D eigenvalue weighted by Crippen LogP contribution is -2.41. The number of benzene rings is 3. The molecular formula is C26H29ClN2O3S2. The van der Waals surface area contributed by atoms with E-state index in [1.165, 1.54) is 10.5 Å². The third kappa shape index (κ3) is 7.01. The predicted octanol–water partition coefficient (Wildman–Crippen LogP) is 5.76. The zero-order valence-corrected chi connectivity index (χ0v) is 21.9. The molecule has 8 heteroatoms. The second kappa shape index (κ2) is 11.8. The Morgan fingerprint density at radius 3 is 2.18 bits per heavy atom. The molecule has 0 heterocycles. The molecule has 1 N–H and O–H groups in total. The van der Waals surface area contributed by atoms with Crippen LogP contribution in [0.2, 0.25) is 5.02 Å². The van der Waals surface area contributed by atoms with Crippen LogP contribution >= 0.6 is 23.4 Å². The summed E-state index contributed by atoms with van der Waals surface area (Å²) in [5.41, 5.74) is 3.27. The van der Waals surface area contributed by atoms with Gasteiger partial charge in [-0.3, -0.25) is 9.10 Å². The zero-order chi connectivity index (χ0) is 24.7. The van der Waals surface area contributed by atoms with Gasteiger partial charge in [0.15, 0.2) is 0 Å². The van der Waals surface area contributed by atoms with E-state index in [2.05, 4.69) is 36.5 Å². The Kier molecular flexibility index (Phi) is 9.05. The van der Waals surface area contributed by atoms with Crippen LogP contribution in [0.25, 0.3) is 0 Å². The standard InChI is InChI=1S/C26H29ClN2O3S2/c1-19-5-10-23(11-6-19)33-16-4-15-28-26(30)18-29(25-14-9-22(27)17-21(25)3)34(31,32)24-12-7-20(2)8-13-24/h5-14,17H,4,15-16,18H2,1-3H3,(H,28,30). The average Bonchev–Trinajstić information content (AvgIpc) is 2.79. The molecule has 180 valence electrons. The van der Waals surface area contributed by atoms with E-state index >= 15 is 0 Å². The number of thioether (sulfide) groups is 1. The van der Waals surface area contributed by atoms with Gasteiger partial charge in [0.2, 0.25) is 5.91 Å². The van der Waals surface area contributed by atoms with E-state index in [9.17, 15) is 13.2 Å². The monoisotopic (exact) mass is 516 g/mol. The summed E-state index contributed by atoms with van der Waals surface area (Å²) in [6.45, 7) is 5.87. The van der Waals surface area contributed by atoms with E-state index in [1.54, 1.807) is 61.2 Å². The maximum atomic E-state index is 13.5. The van der Waals surface area contributed by atoms with Crippen molar-refractivity contribution in [3.05, 3.63) is 88.4 Å². The lowest BCUT2D eigenvalue weighted by molar-refractivity contribution is -0.119. The highest BCUT2D eigenvalue weighted by Gasteiger charge is 2.28. The summed E-state index contributed by atoms with van der Waals surface area (Å²) in [7, 11) is -3.95. The lowest BCUT2D eigenvalue weighted by atomic mass is 10.2. The quantitative estimate of drug-likeness (QED) is 0.275. The van der Waals surface area contributed by atoms with Crippen molar-refractivity contribution in [1.82, 2.24) is 5.32 Å². The van der Waals surface area contributed by atoms with Crippen molar-refractivity contribution in [3.8, 4) is 0 Å². The molecule has 0 aliphatic heterocycles. The number of sulfonamides is 1. The number of halogens is 1. The molecule has 3 aromatic carbocycles. The second-order valence-electron chi connectivity index (χ2n) is 8.12. The summed E-state index contributed by atoms with van der Waals surface area (Å²) in [5.74, 6) is 0.496. The zero-order valence-electron chi connectivity index (χ0n) is 19.5. The fraction of sp³-hybridized carbons (Fsp3) is 0.269. The summed E-state index contributed by atoms with van der Waals surface area (Å²) >= 11 is 7.80. The number of carbonyl (C=O) groups excluding carboxylic acids is 1. The van der Waals surface area contributed by atoms with Gasteiger partial charge in [0.05, 0.1) is 10.6 Å². The average molecular weight is 517 g/mol. The van der Waals surface area contributed by atoms with Crippen LogP contribution in [0, 0.1) is 20.8 Å². The molecule has 5 nitrogen and oxygen atoms in total. The Morgan fingerprint density at radius 1 is 0.941 bits per heavy atom. The predicted molar refractivity (Wildman–Crippen MR) is 141 cm³/mol. The van der Waals surface area contributed by atoms with Gasteiger partial charge in [-0.1, -0.05) is 47.0 Å². The smallest absolute Gasteiger partial charge is 0.264 e. The number of aryl methyl sites for hydroxylation is 3. The molecule has 0 fully saturated rings. The van der Waals surface area contributed by atoms with Gasteiger partial charge in [0, 0.05) is 16.5 Å². The fourth-order valence-corrected chi connectivity index (χ4v) is 5.91. The first kappa shape index (κ1) is 26.1. The summed E-state index contributed by atoms with van der Waals surface area (Å²) in [4.78, 5) is 14.1. The summed E-state index contributed by atoms with van der Waals surface area (Å²) in [6, 6.07) is 19.9. The molecular weight excluding hydrogens is 488 g/mol. The van der Waals surface area contributed by atoms with Crippen LogP contribution in [0.1, 0.15) is 23.1 Å². The van der Waals surface area contributed by atoms with Gasteiger partial charge in [0.25, 0.3) is 10.0 Å². The maximum Gasteiger partial charge on any atom is 0.264 e. The van der Waals surface area contributed by atoms with Crippen molar-refractivity contribution < 1.29 is 13.2 Å². The molecule has 34 heavy (non-hydrogen) atoms. The fourth-order valence-electron chi connectivity index (χ4n) is 3.35. The highest BCUT2D eigenvalue weighted by atomic mass is 35.5. The summed E-state index contributed by atoms with van der Waals surface area (Å²) < 4.78 is 28.1. The molecule has 0 unspecified atom stereocenters. The minimum Gasteiger partial charge on any atom is -0.354 e. The Labute approximate surface area is 211 Å². The molecule has 0 saturated carbocycles. The van der Waals surface area contributed by atoms with Gasteiger partial charge in [-0.2, -0.15) is 0 Å². The molecule has 3 aromatic rings. The van der Waals surface area contributed by atoms with Crippen molar-refractivity contribution in [2.75, 3.05) is 23.1 Å². The minimum atomic E-state index is -3.95. The highest BCUT2D eigenvalue weighted by Crippen LogP contribution is 2.29. The molecule has 3 rings (SSSR count).